The summed E-state index contributed by atoms with van der Waals surface area (Å²) in [5, 5.41) is 3.29. The first kappa shape index (κ1) is 9.25. The van der Waals surface area contributed by atoms with Crippen molar-refractivity contribution in [2.45, 2.75) is 25.7 Å². The van der Waals surface area contributed by atoms with Gasteiger partial charge in [-0.05, 0) is 18.6 Å². The van der Waals surface area contributed by atoms with Crippen LogP contribution in [0.15, 0.2) is 24.3 Å². The molecule has 1 heterocycles. The Morgan fingerprint density at radius 1 is 1.50 bits per heavy atom. The minimum atomic E-state index is -0.314. The van der Waals surface area contributed by atoms with E-state index in [0.717, 1.165) is 17.8 Å². The molecule has 0 radical (unpaired) electrons. The van der Waals surface area contributed by atoms with Crippen molar-refractivity contribution in [1.29, 1.82) is 0 Å². The van der Waals surface area contributed by atoms with E-state index in [2.05, 4.69) is 5.32 Å². The van der Waals surface area contributed by atoms with Crippen LogP contribution in [0.25, 0.3) is 0 Å². The third kappa shape index (κ3) is 1.14. The predicted molar refractivity (Wildman–Crippen MR) is 57.6 cm³/mol. The molecule has 0 amide bonds. The van der Waals surface area contributed by atoms with Crippen molar-refractivity contribution in [3.63, 3.8) is 0 Å². The monoisotopic (exact) mass is 189 g/mol. The highest BCUT2D eigenvalue weighted by Gasteiger charge is 2.39. The third-order valence-electron chi connectivity index (χ3n) is 3.09. The van der Waals surface area contributed by atoms with Crippen molar-refractivity contribution in [2.24, 2.45) is 0 Å². The van der Waals surface area contributed by atoms with E-state index in [1.165, 1.54) is 0 Å². The molecule has 1 unspecified atom stereocenters. The number of ketones is 1. The fraction of sp³-hybridized carbons (Fsp3) is 0.417. The third-order valence-corrected chi connectivity index (χ3v) is 3.09. The second-order valence-corrected chi connectivity index (χ2v) is 4.01. The molecule has 1 aromatic rings. The second kappa shape index (κ2) is 3.12. The first-order chi connectivity index (χ1) is 6.68. The zero-order valence-corrected chi connectivity index (χ0v) is 8.63. The molecular formula is C12H15NO. The molecule has 1 aromatic carbocycles. The summed E-state index contributed by atoms with van der Waals surface area (Å²) in [6.45, 7) is 4.69. The molecule has 0 aliphatic carbocycles. The summed E-state index contributed by atoms with van der Waals surface area (Å²) in [5.41, 5.74) is 1.94. The highest BCUT2D eigenvalue weighted by molar-refractivity contribution is 5.93. The maximum absolute atomic E-state index is 11.9. The number of benzene rings is 1. The number of anilines is 1. The zero-order chi connectivity index (χ0) is 10.2. The topological polar surface area (TPSA) is 29.1 Å². The van der Waals surface area contributed by atoms with Gasteiger partial charge in [-0.15, -0.1) is 0 Å². The Balaban J connectivity index is 2.47. The van der Waals surface area contributed by atoms with Crippen LogP contribution in [0.4, 0.5) is 5.69 Å². The summed E-state index contributed by atoms with van der Waals surface area (Å²) in [6.07, 6.45) is 0.604. The van der Waals surface area contributed by atoms with E-state index in [-0.39, 0.29) is 5.41 Å². The largest absolute Gasteiger partial charge is 0.383 e. The average molecular weight is 189 g/mol. The van der Waals surface area contributed by atoms with Gasteiger partial charge in [-0.3, -0.25) is 4.79 Å². The van der Waals surface area contributed by atoms with Gasteiger partial charge in [0, 0.05) is 18.7 Å². The molecule has 2 rings (SSSR count). The lowest BCUT2D eigenvalue weighted by atomic mass is 9.79. The van der Waals surface area contributed by atoms with Crippen LogP contribution in [0.1, 0.15) is 25.8 Å². The van der Waals surface area contributed by atoms with E-state index in [4.69, 9.17) is 0 Å². The second-order valence-electron chi connectivity index (χ2n) is 4.01. The van der Waals surface area contributed by atoms with Crippen LogP contribution < -0.4 is 5.32 Å². The van der Waals surface area contributed by atoms with Crippen molar-refractivity contribution in [1.82, 2.24) is 0 Å². The molecule has 0 aromatic heterocycles. The molecule has 0 spiro atoms. The van der Waals surface area contributed by atoms with Gasteiger partial charge in [0.05, 0.1) is 5.41 Å². The molecule has 0 saturated heterocycles. The van der Waals surface area contributed by atoms with E-state index >= 15 is 0 Å². The maximum atomic E-state index is 11.9. The standard InChI is InChI=1S/C12H15NO/c1-3-11(14)12(2)8-13-10-7-5-4-6-9(10)12/h4-7,13H,3,8H2,1-2H3. The zero-order valence-electron chi connectivity index (χ0n) is 8.63. The van der Waals surface area contributed by atoms with Crippen LogP contribution in [-0.2, 0) is 10.2 Å². The normalized spacial score (nSPS) is 24.1. The summed E-state index contributed by atoms with van der Waals surface area (Å²) in [7, 11) is 0. The fourth-order valence-corrected chi connectivity index (χ4v) is 2.12. The molecule has 0 bridgehead atoms. The van der Waals surface area contributed by atoms with Crippen LogP contribution in [-0.4, -0.2) is 12.3 Å². The summed E-state index contributed by atoms with van der Waals surface area (Å²) in [6, 6.07) is 8.06. The van der Waals surface area contributed by atoms with Gasteiger partial charge in [-0.25, -0.2) is 0 Å². The first-order valence-electron chi connectivity index (χ1n) is 5.05. The Hall–Kier alpha value is -1.31. The number of nitrogens with one attached hydrogen (secondary N) is 1. The fourth-order valence-electron chi connectivity index (χ4n) is 2.12. The lowest BCUT2D eigenvalue weighted by Gasteiger charge is -2.21. The van der Waals surface area contributed by atoms with E-state index in [0.29, 0.717) is 12.2 Å². The van der Waals surface area contributed by atoms with Crippen LogP contribution in [0.5, 0.6) is 0 Å². The molecule has 1 atom stereocenters. The number of hydrogen-bond acceptors (Lipinski definition) is 2. The number of carbonyl (C=O) groups is 1. The molecule has 2 heteroatoms. The summed E-state index contributed by atoms with van der Waals surface area (Å²) < 4.78 is 0. The first-order valence-corrected chi connectivity index (χ1v) is 5.05. The van der Waals surface area contributed by atoms with Crippen LogP contribution >= 0.6 is 0 Å². The Labute approximate surface area is 84.3 Å². The Kier molecular flexibility index (Phi) is 2.06. The summed E-state index contributed by atoms with van der Waals surface area (Å²) >= 11 is 0. The highest BCUT2D eigenvalue weighted by atomic mass is 16.1. The van der Waals surface area contributed by atoms with Gasteiger partial charge in [0.1, 0.15) is 5.78 Å². The minimum absolute atomic E-state index is 0.314. The number of carbonyl (C=O) groups excluding carboxylic acids is 1. The van der Waals surface area contributed by atoms with Crippen molar-refractivity contribution in [3.05, 3.63) is 29.8 Å². The summed E-state index contributed by atoms with van der Waals surface area (Å²) in [5.74, 6) is 0.315. The Morgan fingerprint density at radius 2 is 2.21 bits per heavy atom. The Morgan fingerprint density at radius 3 is 2.93 bits per heavy atom. The SMILES string of the molecule is CCC(=O)C1(C)CNc2ccccc21. The van der Waals surface area contributed by atoms with E-state index in [9.17, 15) is 4.79 Å². The molecule has 74 valence electrons. The van der Waals surface area contributed by atoms with E-state index < -0.39 is 0 Å². The van der Waals surface area contributed by atoms with Crippen molar-refractivity contribution < 1.29 is 4.79 Å². The van der Waals surface area contributed by atoms with Gasteiger partial charge in [-0.1, -0.05) is 25.1 Å². The van der Waals surface area contributed by atoms with Crippen LogP contribution in [0.3, 0.4) is 0 Å². The van der Waals surface area contributed by atoms with Gasteiger partial charge in [-0.2, -0.15) is 0 Å². The molecule has 1 aliphatic heterocycles. The van der Waals surface area contributed by atoms with Crippen molar-refractivity contribution in [3.8, 4) is 0 Å². The van der Waals surface area contributed by atoms with E-state index in [1.54, 1.807) is 0 Å². The molecule has 0 fully saturated rings. The van der Waals surface area contributed by atoms with Gasteiger partial charge in [0.15, 0.2) is 0 Å². The predicted octanol–water partition coefficient (Wildman–Crippen LogP) is 2.35. The number of rotatable bonds is 2. The molecule has 2 nitrogen and oxygen atoms in total. The van der Waals surface area contributed by atoms with E-state index in [1.807, 2.05) is 38.1 Å². The quantitative estimate of drug-likeness (QED) is 0.773. The molecule has 1 N–H and O–H groups in total. The number of hydrogen-bond donors (Lipinski definition) is 1. The van der Waals surface area contributed by atoms with Crippen LogP contribution in [0.2, 0.25) is 0 Å². The van der Waals surface area contributed by atoms with Gasteiger partial charge in [0.25, 0.3) is 0 Å². The van der Waals surface area contributed by atoms with Crippen LogP contribution in [0, 0.1) is 0 Å². The molecule has 14 heavy (non-hydrogen) atoms. The lowest BCUT2D eigenvalue weighted by molar-refractivity contribution is -0.123. The van der Waals surface area contributed by atoms with Crippen molar-refractivity contribution >= 4 is 11.5 Å². The molecule has 1 aliphatic rings. The van der Waals surface area contributed by atoms with Gasteiger partial charge >= 0.3 is 0 Å². The number of fused-ring (bicyclic) bond motifs is 1. The average Bonchev–Trinajstić information content (AvgIpc) is 2.58. The molecule has 0 saturated carbocycles. The Bertz CT molecular complexity index is 372. The smallest absolute Gasteiger partial charge is 0.144 e. The van der Waals surface area contributed by atoms with Crippen molar-refractivity contribution in [2.75, 3.05) is 11.9 Å². The minimum Gasteiger partial charge on any atom is -0.383 e. The van der Waals surface area contributed by atoms with Gasteiger partial charge < -0.3 is 5.32 Å². The molecular weight excluding hydrogens is 174 g/mol. The number of Topliss-reactive ketones (excluding diaryl/α,β-unsaturated/α-hetero) is 1. The maximum Gasteiger partial charge on any atom is 0.144 e. The van der Waals surface area contributed by atoms with Gasteiger partial charge in [0.2, 0.25) is 0 Å². The number of para-hydroxylation sites is 1. The summed E-state index contributed by atoms with van der Waals surface area (Å²) in [4.78, 5) is 11.9. The lowest BCUT2D eigenvalue weighted by Crippen LogP contribution is -2.33. The highest BCUT2D eigenvalue weighted by Crippen LogP contribution is 2.37.